The SMILES string of the molecule is NC(=O)C(Cl)Cc1ccccc1Cl. The summed E-state index contributed by atoms with van der Waals surface area (Å²) >= 11 is 11.6. The Balaban J connectivity index is 2.74. The van der Waals surface area contributed by atoms with Crippen LogP contribution in [0.4, 0.5) is 0 Å². The molecule has 1 atom stereocenters. The third kappa shape index (κ3) is 2.90. The van der Waals surface area contributed by atoms with Gasteiger partial charge in [-0.2, -0.15) is 0 Å². The summed E-state index contributed by atoms with van der Waals surface area (Å²) in [5.41, 5.74) is 5.86. The van der Waals surface area contributed by atoms with Gasteiger partial charge in [-0.15, -0.1) is 11.6 Å². The number of benzene rings is 1. The maximum Gasteiger partial charge on any atom is 0.235 e. The van der Waals surface area contributed by atoms with Gasteiger partial charge in [0.05, 0.1) is 0 Å². The standard InChI is InChI=1S/C9H9Cl2NO/c10-7-4-2-1-3-6(7)5-8(11)9(12)13/h1-4,8H,5H2,(H2,12,13). The van der Waals surface area contributed by atoms with Crippen molar-refractivity contribution in [2.75, 3.05) is 0 Å². The van der Waals surface area contributed by atoms with E-state index in [0.29, 0.717) is 11.4 Å². The Labute approximate surface area is 86.6 Å². The molecule has 1 aromatic rings. The molecule has 2 N–H and O–H groups in total. The van der Waals surface area contributed by atoms with Gasteiger partial charge in [0, 0.05) is 5.02 Å². The van der Waals surface area contributed by atoms with E-state index in [4.69, 9.17) is 28.9 Å². The van der Waals surface area contributed by atoms with Crippen molar-refractivity contribution < 1.29 is 4.79 Å². The number of carbonyl (C=O) groups is 1. The topological polar surface area (TPSA) is 43.1 Å². The van der Waals surface area contributed by atoms with Gasteiger partial charge in [0.15, 0.2) is 0 Å². The normalized spacial score (nSPS) is 12.5. The smallest absolute Gasteiger partial charge is 0.235 e. The lowest BCUT2D eigenvalue weighted by molar-refractivity contribution is -0.117. The first kappa shape index (κ1) is 10.4. The molecule has 0 aromatic heterocycles. The minimum atomic E-state index is -0.695. The van der Waals surface area contributed by atoms with Crippen LogP contribution in [0.3, 0.4) is 0 Å². The number of primary amides is 1. The molecule has 1 unspecified atom stereocenters. The highest BCUT2D eigenvalue weighted by Crippen LogP contribution is 2.18. The maximum absolute atomic E-state index is 10.7. The maximum atomic E-state index is 10.7. The molecule has 0 radical (unpaired) electrons. The molecule has 0 heterocycles. The second kappa shape index (κ2) is 4.49. The monoisotopic (exact) mass is 217 g/mol. The summed E-state index contributed by atoms with van der Waals surface area (Å²) in [6.45, 7) is 0. The van der Waals surface area contributed by atoms with Gasteiger partial charge in [-0.1, -0.05) is 29.8 Å². The van der Waals surface area contributed by atoms with Crippen LogP contribution in [0.1, 0.15) is 5.56 Å². The first-order valence-electron chi connectivity index (χ1n) is 3.78. The lowest BCUT2D eigenvalue weighted by Crippen LogP contribution is -2.25. The second-order valence-corrected chi connectivity index (χ2v) is 3.60. The Hall–Kier alpha value is -0.730. The quantitative estimate of drug-likeness (QED) is 0.774. The van der Waals surface area contributed by atoms with Crippen molar-refractivity contribution >= 4 is 29.1 Å². The Morgan fingerprint density at radius 3 is 2.62 bits per heavy atom. The fourth-order valence-electron chi connectivity index (χ4n) is 0.958. The summed E-state index contributed by atoms with van der Waals surface area (Å²) in [6.07, 6.45) is 0.372. The molecule has 2 nitrogen and oxygen atoms in total. The molecule has 1 rings (SSSR count). The van der Waals surface area contributed by atoms with E-state index < -0.39 is 11.3 Å². The van der Waals surface area contributed by atoms with E-state index in [2.05, 4.69) is 0 Å². The largest absolute Gasteiger partial charge is 0.368 e. The van der Waals surface area contributed by atoms with E-state index in [9.17, 15) is 4.79 Å². The first-order valence-corrected chi connectivity index (χ1v) is 4.59. The highest BCUT2D eigenvalue weighted by atomic mass is 35.5. The summed E-state index contributed by atoms with van der Waals surface area (Å²) in [4.78, 5) is 10.7. The van der Waals surface area contributed by atoms with E-state index in [-0.39, 0.29) is 0 Å². The van der Waals surface area contributed by atoms with Gasteiger partial charge in [-0.25, -0.2) is 0 Å². The van der Waals surface area contributed by atoms with Crippen LogP contribution in [-0.4, -0.2) is 11.3 Å². The molecular weight excluding hydrogens is 209 g/mol. The van der Waals surface area contributed by atoms with Crippen molar-refractivity contribution in [2.45, 2.75) is 11.8 Å². The average molecular weight is 218 g/mol. The van der Waals surface area contributed by atoms with Crippen LogP contribution in [-0.2, 0) is 11.2 Å². The summed E-state index contributed by atoms with van der Waals surface area (Å²) < 4.78 is 0. The van der Waals surface area contributed by atoms with Crippen LogP contribution in [0, 0.1) is 0 Å². The Kier molecular flexibility index (Phi) is 3.58. The highest BCUT2D eigenvalue weighted by Gasteiger charge is 2.13. The molecule has 0 fully saturated rings. The van der Waals surface area contributed by atoms with Crippen LogP contribution in [0.25, 0.3) is 0 Å². The van der Waals surface area contributed by atoms with Crippen LogP contribution < -0.4 is 5.73 Å². The molecule has 0 saturated carbocycles. The fraction of sp³-hybridized carbons (Fsp3) is 0.222. The van der Waals surface area contributed by atoms with E-state index >= 15 is 0 Å². The zero-order valence-electron chi connectivity index (χ0n) is 6.84. The third-order valence-corrected chi connectivity index (χ3v) is 2.40. The lowest BCUT2D eigenvalue weighted by Gasteiger charge is -2.06. The molecular formula is C9H9Cl2NO. The van der Waals surface area contributed by atoms with Gasteiger partial charge in [-0.05, 0) is 18.1 Å². The number of halogens is 2. The van der Waals surface area contributed by atoms with Crippen molar-refractivity contribution in [2.24, 2.45) is 5.73 Å². The third-order valence-electron chi connectivity index (χ3n) is 1.67. The molecule has 0 aliphatic carbocycles. The van der Waals surface area contributed by atoms with Crippen molar-refractivity contribution in [1.29, 1.82) is 0 Å². The minimum Gasteiger partial charge on any atom is -0.368 e. The zero-order chi connectivity index (χ0) is 9.84. The minimum absolute atomic E-state index is 0.372. The Morgan fingerprint density at radius 1 is 1.46 bits per heavy atom. The first-order chi connectivity index (χ1) is 6.11. The van der Waals surface area contributed by atoms with Crippen molar-refractivity contribution in [1.82, 2.24) is 0 Å². The second-order valence-electron chi connectivity index (χ2n) is 2.67. The predicted octanol–water partition coefficient (Wildman–Crippen LogP) is 1.98. The van der Waals surface area contributed by atoms with Crippen molar-refractivity contribution in [3.63, 3.8) is 0 Å². The molecule has 0 aliphatic rings. The summed E-state index contributed by atoms with van der Waals surface area (Å²) in [5.74, 6) is -0.526. The summed E-state index contributed by atoms with van der Waals surface area (Å²) in [5, 5.41) is -0.0886. The van der Waals surface area contributed by atoms with Crippen LogP contribution >= 0.6 is 23.2 Å². The number of rotatable bonds is 3. The van der Waals surface area contributed by atoms with Gasteiger partial charge < -0.3 is 5.73 Å². The lowest BCUT2D eigenvalue weighted by atomic mass is 10.1. The van der Waals surface area contributed by atoms with E-state index in [1.54, 1.807) is 6.07 Å². The Morgan fingerprint density at radius 2 is 2.08 bits per heavy atom. The van der Waals surface area contributed by atoms with Crippen LogP contribution in [0.5, 0.6) is 0 Å². The molecule has 0 spiro atoms. The number of nitrogens with two attached hydrogens (primary N) is 1. The molecule has 1 aromatic carbocycles. The van der Waals surface area contributed by atoms with Gasteiger partial charge in [0.1, 0.15) is 5.38 Å². The molecule has 70 valence electrons. The fourth-order valence-corrected chi connectivity index (χ4v) is 1.34. The van der Waals surface area contributed by atoms with Gasteiger partial charge in [0.2, 0.25) is 5.91 Å². The summed E-state index contributed by atoms with van der Waals surface area (Å²) in [7, 11) is 0. The van der Waals surface area contributed by atoms with Gasteiger partial charge in [-0.3, -0.25) is 4.79 Å². The van der Waals surface area contributed by atoms with E-state index in [0.717, 1.165) is 5.56 Å². The van der Waals surface area contributed by atoms with Crippen LogP contribution in [0.15, 0.2) is 24.3 Å². The number of alkyl halides is 1. The van der Waals surface area contributed by atoms with Crippen molar-refractivity contribution in [3.8, 4) is 0 Å². The molecule has 4 heteroatoms. The average Bonchev–Trinajstić information content (AvgIpc) is 2.08. The Bertz CT molecular complexity index is 314. The van der Waals surface area contributed by atoms with E-state index in [1.165, 1.54) is 0 Å². The molecule has 13 heavy (non-hydrogen) atoms. The van der Waals surface area contributed by atoms with Crippen molar-refractivity contribution in [3.05, 3.63) is 34.9 Å². The van der Waals surface area contributed by atoms with Crippen LogP contribution in [0.2, 0.25) is 5.02 Å². The van der Waals surface area contributed by atoms with Gasteiger partial charge >= 0.3 is 0 Å². The summed E-state index contributed by atoms with van der Waals surface area (Å²) in [6, 6.07) is 7.23. The zero-order valence-corrected chi connectivity index (χ0v) is 8.35. The van der Waals surface area contributed by atoms with E-state index in [1.807, 2.05) is 18.2 Å². The predicted molar refractivity (Wildman–Crippen MR) is 54.0 cm³/mol. The molecule has 0 bridgehead atoms. The number of carbonyl (C=O) groups excluding carboxylic acids is 1. The number of amides is 1. The number of hydrogen-bond acceptors (Lipinski definition) is 1. The molecule has 0 saturated heterocycles. The molecule has 0 aliphatic heterocycles. The van der Waals surface area contributed by atoms with Gasteiger partial charge in [0.25, 0.3) is 0 Å². The highest BCUT2D eigenvalue weighted by molar-refractivity contribution is 6.32. The number of hydrogen-bond donors (Lipinski definition) is 1. The molecule has 1 amide bonds.